The first-order chi connectivity index (χ1) is 17.1. The monoisotopic (exact) mass is 451 g/mol. The molecule has 1 aliphatic carbocycles. The van der Waals surface area contributed by atoms with Gasteiger partial charge < -0.3 is 9.32 Å². The van der Waals surface area contributed by atoms with Gasteiger partial charge in [0.1, 0.15) is 5.58 Å². The summed E-state index contributed by atoms with van der Waals surface area (Å²) in [5, 5.41) is 2.27. The first-order valence-corrected chi connectivity index (χ1v) is 12.1. The number of anilines is 3. The van der Waals surface area contributed by atoms with Crippen molar-refractivity contribution in [1.82, 2.24) is 0 Å². The molecule has 1 aliphatic rings. The van der Waals surface area contributed by atoms with Crippen molar-refractivity contribution in [1.29, 1.82) is 0 Å². The van der Waals surface area contributed by atoms with Gasteiger partial charge in [-0.2, -0.15) is 0 Å². The van der Waals surface area contributed by atoms with Crippen LogP contribution in [0.3, 0.4) is 0 Å². The second kappa shape index (κ2) is 7.35. The van der Waals surface area contributed by atoms with E-state index in [9.17, 15) is 0 Å². The lowest BCUT2D eigenvalue weighted by molar-refractivity contribution is 0.660. The Bertz CT molecular complexity index is 1730. The zero-order valence-electron chi connectivity index (χ0n) is 19.8. The third kappa shape index (κ3) is 2.90. The van der Waals surface area contributed by atoms with Crippen LogP contribution in [0, 0.1) is 0 Å². The molecule has 1 aromatic heterocycles. The molecule has 2 heteroatoms. The summed E-state index contributed by atoms with van der Waals surface area (Å²) in [6, 6.07) is 40.9. The van der Waals surface area contributed by atoms with Gasteiger partial charge in [-0.1, -0.05) is 92.7 Å². The highest BCUT2D eigenvalue weighted by Crippen LogP contribution is 2.51. The smallest absolute Gasteiger partial charge is 0.159 e. The summed E-state index contributed by atoms with van der Waals surface area (Å²) in [5.74, 6) is 0. The fourth-order valence-corrected chi connectivity index (χ4v) is 5.74. The van der Waals surface area contributed by atoms with Gasteiger partial charge in [0.15, 0.2) is 5.58 Å². The maximum absolute atomic E-state index is 6.45. The Balaban J connectivity index is 1.49. The van der Waals surface area contributed by atoms with Gasteiger partial charge in [-0.05, 0) is 58.7 Å². The molecule has 168 valence electrons. The van der Waals surface area contributed by atoms with E-state index in [4.69, 9.17) is 4.42 Å². The lowest BCUT2D eigenvalue weighted by Crippen LogP contribution is -2.16. The predicted molar refractivity (Wildman–Crippen MR) is 146 cm³/mol. The van der Waals surface area contributed by atoms with Crippen molar-refractivity contribution in [3.63, 3.8) is 0 Å². The van der Waals surface area contributed by atoms with Gasteiger partial charge in [0.2, 0.25) is 0 Å². The maximum Gasteiger partial charge on any atom is 0.159 e. The van der Waals surface area contributed by atoms with Crippen molar-refractivity contribution in [2.24, 2.45) is 0 Å². The van der Waals surface area contributed by atoms with Crippen LogP contribution in [-0.2, 0) is 5.41 Å². The largest absolute Gasteiger partial charge is 0.454 e. The molecule has 0 atom stereocenters. The lowest BCUT2D eigenvalue weighted by Gasteiger charge is -2.28. The molecule has 5 aromatic carbocycles. The van der Waals surface area contributed by atoms with Crippen LogP contribution in [0.4, 0.5) is 17.1 Å². The fourth-order valence-electron chi connectivity index (χ4n) is 5.74. The normalized spacial score (nSPS) is 13.7. The number of furan rings is 1. The van der Waals surface area contributed by atoms with Crippen LogP contribution < -0.4 is 4.90 Å². The standard InChI is InChI=1S/C33H25NO/c1-33(2)28-16-8-6-13-24(28)25-20-19-23(21-29(25)33)34(22-11-4-3-5-12-22)30-17-10-15-27-26-14-7-9-18-31(26)35-32(27)30/h3-21H,1-2H3. The van der Waals surface area contributed by atoms with Crippen LogP contribution in [-0.4, -0.2) is 0 Å². The van der Waals surface area contributed by atoms with Gasteiger partial charge in [-0.3, -0.25) is 0 Å². The minimum atomic E-state index is -0.0599. The second-order valence-electron chi connectivity index (χ2n) is 9.82. The van der Waals surface area contributed by atoms with Gasteiger partial charge in [0.25, 0.3) is 0 Å². The molecule has 2 nitrogen and oxygen atoms in total. The number of benzene rings is 5. The molecular weight excluding hydrogens is 426 g/mol. The van der Waals surface area contributed by atoms with E-state index < -0.39 is 0 Å². The van der Waals surface area contributed by atoms with E-state index in [1.807, 2.05) is 12.1 Å². The fraction of sp³-hybridized carbons (Fsp3) is 0.0909. The molecule has 0 amide bonds. The minimum absolute atomic E-state index is 0.0599. The van der Waals surface area contributed by atoms with Gasteiger partial charge in [-0.15, -0.1) is 0 Å². The minimum Gasteiger partial charge on any atom is -0.454 e. The lowest BCUT2D eigenvalue weighted by atomic mass is 9.82. The summed E-state index contributed by atoms with van der Waals surface area (Å²) < 4.78 is 6.45. The van der Waals surface area contributed by atoms with Crippen molar-refractivity contribution in [3.05, 3.63) is 126 Å². The van der Waals surface area contributed by atoms with Crippen molar-refractivity contribution in [2.45, 2.75) is 19.3 Å². The van der Waals surface area contributed by atoms with Crippen molar-refractivity contribution >= 4 is 39.0 Å². The highest BCUT2D eigenvalue weighted by atomic mass is 16.3. The molecule has 35 heavy (non-hydrogen) atoms. The number of para-hydroxylation sites is 3. The highest BCUT2D eigenvalue weighted by molar-refractivity contribution is 6.10. The summed E-state index contributed by atoms with van der Waals surface area (Å²) in [5.41, 5.74) is 10.4. The third-order valence-electron chi connectivity index (χ3n) is 7.46. The summed E-state index contributed by atoms with van der Waals surface area (Å²) in [6.45, 7) is 4.66. The summed E-state index contributed by atoms with van der Waals surface area (Å²) in [4.78, 5) is 2.32. The number of hydrogen-bond donors (Lipinski definition) is 0. The quantitative estimate of drug-likeness (QED) is 0.266. The Morgan fingerprint density at radius 1 is 0.571 bits per heavy atom. The van der Waals surface area contributed by atoms with Crippen LogP contribution in [0.5, 0.6) is 0 Å². The van der Waals surface area contributed by atoms with Crippen LogP contribution >= 0.6 is 0 Å². The molecule has 0 bridgehead atoms. The first kappa shape index (κ1) is 20.1. The molecular formula is C33H25NO. The molecule has 1 heterocycles. The van der Waals surface area contributed by atoms with Gasteiger partial charge in [-0.25, -0.2) is 0 Å². The number of hydrogen-bond acceptors (Lipinski definition) is 2. The van der Waals surface area contributed by atoms with Crippen LogP contribution in [0.25, 0.3) is 33.1 Å². The van der Waals surface area contributed by atoms with Gasteiger partial charge in [0, 0.05) is 27.6 Å². The Morgan fingerprint density at radius 3 is 2.17 bits per heavy atom. The SMILES string of the molecule is CC1(C)c2ccccc2-c2ccc(N(c3ccccc3)c3cccc4c3oc3ccccc34)cc21. The van der Waals surface area contributed by atoms with Crippen LogP contribution in [0.1, 0.15) is 25.0 Å². The molecule has 7 rings (SSSR count). The zero-order valence-corrected chi connectivity index (χ0v) is 19.8. The number of nitrogens with zero attached hydrogens (tertiary/aromatic N) is 1. The Hall–Kier alpha value is -4.30. The maximum atomic E-state index is 6.45. The topological polar surface area (TPSA) is 16.4 Å². The molecule has 0 unspecified atom stereocenters. The molecule has 0 saturated carbocycles. The summed E-state index contributed by atoms with van der Waals surface area (Å²) in [6.07, 6.45) is 0. The van der Waals surface area contributed by atoms with E-state index in [1.54, 1.807) is 0 Å². The molecule has 0 N–H and O–H groups in total. The Morgan fingerprint density at radius 2 is 1.29 bits per heavy atom. The van der Waals surface area contributed by atoms with Crippen molar-refractivity contribution in [2.75, 3.05) is 4.90 Å². The third-order valence-corrected chi connectivity index (χ3v) is 7.46. The number of fused-ring (bicyclic) bond motifs is 6. The summed E-state index contributed by atoms with van der Waals surface area (Å²) in [7, 11) is 0. The van der Waals surface area contributed by atoms with Gasteiger partial charge in [0.05, 0.1) is 5.69 Å². The van der Waals surface area contributed by atoms with Gasteiger partial charge >= 0.3 is 0 Å². The Labute approximate surface area is 205 Å². The summed E-state index contributed by atoms with van der Waals surface area (Å²) >= 11 is 0. The Kier molecular flexibility index (Phi) is 4.22. The average molecular weight is 452 g/mol. The van der Waals surface area contributed by atoms with Crippen molar-refractivity contribution in [3.8, 4) is 11.1 Å². The zero-order chi connectivity index (χ0) is 23.6. The molecule has 0 aliphatic heterocycles. The van der Waals surface area contributed by atoms with E-state index in [-0.39, 0.29) is 5.41 Å². The molecule has 6 aromatic rings. The predicted octanol–water partition coefficient (Wildman–Crippen LogP) is 9.36. The number of rotatable bonds is 3. The highest BCUT2D eigenvalue weighted by Gasteiger charge is 2.35. The molecule has 0 fully saturated rings. The van der Waals surface area contributed by atoms with E-state index in [0.717, 1.165) is 39.0 Å². The van der Waals surface area contributed by atoms with E-state index >= 15 is 0 Å². The van der Waals surface area contributed by atoms with E-state index in [1.165, 1.54) is 22.3 Å². The van der Waals surface area contributed by atoms with Crippen molar-refractivity contribution < 1.29 is 4.42 Å². The van der Waals surface area contributed by atoms with E-state index in [0.29, 0.717) is 0 Å². The molecule has 0 saturated heterocycles. The average Bonchev–Trinajstić information content (AvgIpc) is 3.39. The van der Waals surface area contributed by atoms with Crippen LogP contribution in [0.2, 0.25) is 0 Å². The molecule has 0 radical (unpaired) electrons. The first-order valence-electron chi connectivity index (χ1n) is 12.1. The van der Waals surface area contributed by atoms with E-state index in [2.05, 4.69) is 122 Å². The molecule has 0 spiro atoms. The second-order valence-corrected chi connectivity index (χ2v) is 9.82. The van der Waals surface area contributed by atoms with Crippen LogP contribution in [0.15, 0.2) is 120 Å².